The number of halogens is 2. The Hall–Kier alpha value is -2.26. The molecule has 0 radical (unpaired) electrons. The number of unbranched alkanes of at least 4 members (excludes halogenated alkanes) is 1. The second kappa shape index (κ2) is 13.7. The molecule has 38 heavy (non-hydrogen) atoms. The van der Waals surface area contributed by atoms with Crippen molar-refractivity contribution in [1.82, 2.24) is 14.7 Å². The van der Waals surface area contributed by atoms with E-state index in [9.17, 15) is 4.39 Å². The summed E-state index contributed by atoms with van der Waals surface area (Å²) < 4.78 is 25.8. The number of fused-ring (bicyclic) bond motifs is 1. The van der Waals surface area contributed by atoms with Gasteiger partial charge in [-0.2, -0.15) is 0 Å². The third-order valence-electron chi connectivity index (χ3n) is 7.50. The van der Waals surface area contributed by atoms with Crippen molar-refractivity contribution in [2.75, 3.05) is 70.3 Å². The molecule has 210 valence electrons. The zero-order chi connectivity index (χ0) is 27.1. The van der Waals surface area contributed by atoms with Crippen LogP contribution in [0.5, 0.6) is 11.5 Å². The number of hydrogen-bond acceptors (Lipinski definition) is 7. The molecule has 0 spiro atoms. The van der Waals surface area contributed by atoms with Crippen molar-refractivity contribution in [2.45, 2.75) is 52.2 Å². The lowest BCUT2D eigenvalue weighted by Gasteiger charge is -2.39. The maximum Gasteiger partial charge on any atom is 0.162 e. The molecule has 2 aromatic rings. The molecule has 2 aliphatic rings. The van der Waals surface area contributed by atoms with Gasteiger partial charge in [0.1, 0.15) is 12.0 Å². The molecule has 0 amide bonds. The SMILES string of the molecule is CCCCN1CNc2cc(OC)c(OCCCN3CCN(C(C)C)CC3)cc2C1Nc1ccc(F)c(Cl)c1. The minimum atomic E-state index is -0.423. The van der Waals surface area contributed by atoms with Crippen LogP contribution < -0.4 is 20.1 Å². The average Bonchev–Trinajstić information content (AvgIpc) is 2.92. The maximum absolute atomic E-state index is 13.8. The van der Waals surface area contributed by atoms with Crippen LogP contribution in [0.4, 0.5) is 15.8 Å². The van der Waals surface area contributed by atoms with E-state index < -0.39 is 5.82 Å². The first kappa shape index (κ1) is 28.7. The number of benzene rings is 2. The molecule has 0 bridgehead atoms. The summed E-state index contributed by atoms with van der Waals surface area (Å²) in [5, 5.41) is 7.22. The van der Waals surface area contributed by atoms with Gasteiger partial charge in [0, 0.05) is 68.3 Å². The van der Waals surface area contributed by atoms with E-state index in [2.05, 4.69) is 52.2 Å². The molecule has 1 unspecified atom stereocenters. The van der Waals surface area contributed by atoms with E-state index in [-0.39, 0.29) is 11.2 Å². The third kappa shape index (κ3) is 7.23. The lowest BCUT2D eigenvalue weighted by atomic mass is 10.0. The number of piperazine rings is 1. The predicted octanol–water partition coefficient (Wildman–Crippen LogP) is 5.88. The Morgan fingerprint density at radius 3 is 2.55 bits per heavy atom. The van der Waals surface area contributed by atoms with Crippen molar-refractivity contribution in [1.29, 1.82) is 0 Å². The van der Waals surface area contributed by atoms with E-state index in [1.807, 2.05) is 6.07 Å². The number of hydrogen-bond donors (Lipinski definition) is 2. The summed E-state index contributed by atoms with van der Waals surface area (Å²) in [7, 11) is 1.68. The summed E-state index contributed by atoms with van der Waals surface area (Å²) in [4.78, 5) is 7.40. The highest BCUT2D eigenvalue weighted by Gasteiger charge is 2.29. The van der Waals surface area contributed by atoms with Crippen LogP contribution >= 0.6 is 11.6 Å². The summed E-state index contributed by atoms with van der Waals surface area (Å²) in [5.74, 6) is 1.03. The number of rotatable bonds is 12. The minimum Gasteiger partial charge on any atom is -0.493 e. The molecule has 0 saturated carbocycles. The van der Waals surface area contributed by atoms with Crippen molar-refractivity contribution in [2.24, 2.45) is 0 Å². The molecule has 7 nitrogen and oxygen atoms in total. The molecule has 0 aliphatic carbocycles. The second-order valence-corrected chi connectivity index (χ2v) is 10.8. The zero-order valence-corrected chi connectivity index (χ0v) is 24.0. The Labute approximate surface area is 232 Å². The lowest BCUT2D eigenvalue weighted by Crippen LogP contribution is -2.49. The van der Waals surface area contributed by atoms with Crippen molar-refractivity contribution in [3.05, 3.63) is 46.7 Å². The van der Waals surface area contributed by atoms with Crippen LogP contribution in [0.15, 0.2) is 30.3 Å². The number of ether oxygens (including phenoxy) is 2. The van der Waals surface area contributed by atoms with E-state index in [0.717, 1.165) is 81.2 Å². The van der Waals surface area contributed by atoms with E-state index in [0.29, 0.717) is 25.1 Å². The van der Waals surface area contributed by atoms with Gasteiger partial charge in [0.25, 0.3) is 0 Å². The number of methoxy groups -OCH3 is 1. The summed E-state index contributed by atoms with van der Waals surface area (Å²) >= 11 is 6.08. The lowest BCUT2D eigenvalue weighted by molar-refractivity contribution is 0.104. The molecule has 1 atom stereocenters. The Kier molecular flexibility index (Phi) is 10.4. The van der Waals surface area contributed by atoms with E-state index in [4.69, 9.17) is 21.1 Å². The molecule has 1 saturated heterocycles. The normalized spacial score (nSPS) is 18.8. The molecule has 9 heteroatoms. The molecular formula is C29H43ClFN5O2. The van der Waals surface area contributed by atoms with Crippen molar-refractivity contribution < 1.29 is 13.9 Å². The Morgan fingerprint density at radius 2 is 1.87 bits per heavy atom. The highest BCUT2D eigenvalue weighted by molar-refractivity contribution is 6.31. The van der Waals surface area contributed by atoms with Gasteiger partial charge in [0.2, 0.25) is 0 Å². The number of nitrogens with zero attached hydrogens (tertiary/aromatic N) is 3. The highest BCUT2D eigenvalue weighted by Crippen LogP contribution is 2.41. The monoisotopic (exact) mass is 547 g/mol. The fourth-order valence-electron chi connectivity index (χ4n) is 5.16. The molecule has 2 heterocycles. The minimum absolute atomic E-state index is 0.105. The largest absolute Gasteiger partial charge is 0.493 e. The Bertz CT molecular complexity index is 1050. The first-order chi connectivity index (χ1) is 18.4. The zero-order valence-electron chi connectivity index (χ0n) is 23.2. The van der Waals surface area contributed by atoms with Gasteiger partial charge in [0.15, 0.2) is 11.5 Å². The molecule has 1 fully saturated rings. The second-order valence-electron chi connectivity index (χ2n) is 10.4. The van der Waals surface area contributed by atoms with Crippen LogP contribution in [0.2, 0.25) is 5.02 Å². The predicted molar refractivity (Wildman–Crippen MR) is 154 cm³/mol. The van der Waals surface area contributed by atoms with Gasteiger partial charge in [-0.3, -0.25) is 9.80 Å². The van der Waals surface area contributed by atoms with Gasteiger partial charge in [-0.25, -0.2) is 4.39 Å². The van der Waals surface area contributed by atoms with E-state index >= 15 is 0 Å². The van der Waals surface area contributed by atoms with Gasteiger partial charge < -0.3 is 25.0 Å². The van der Waals surface area contributed by atoms with Crippen LogP contribution in [0.25, 0.3) is 0 Å². The number of anilines is 2. The van der Waals surface area contributed by atoms with Crippen molar-refractivity contribution in [3.8, 4) is 11.5 Å². The van der Waals surface area contributed by atoms with E-state index in [1.54, 1.807) is 19.2 Å². The fraction of sp³-hybridized carbons (Fsp3) is 0.586. The molecule has 4 rings (SSSR count). The van der Waals surface area contributed by atoms with Crippen LogP contribution in [0, 0.1) is 5.82 Å². The first-order valence-corrected chi connectivity index (χ1v) is 14.3. The summed E-state index contributed by atoms with van der Waals surface area (Å²) in [6.45, 7) is 14.5. The molecular weight excluding hydrogens is 505 g/mol. The Balaban J connectivity index is 1.46. The molecule has 2 N–H and O–H groups in total. The Morgan fingerprint density at radius 1 is 1.08 bits per heavy atom. The number of nitrogens with one attached hydrogen (secondary N) is 2. The highest BCUT2D eigenvalue weighted by atomic mass is 35.5. The average molecular weight is 548 g/mol. The van der Waals surface area contributed by atoms with Crippen molar-refractivity contribution >= 4 is 23.0 Å². The van der Waals surface area contributed by atoms with Crippen molar-refractivity contribution in [3.63, 3.8) is 0 Å². The third-order valence-corrected chi connectivity index (χ3v) is 7.79. The molecule has 2 aliphatic heterocycles. The van der Waals surface area contributed by atoms with Crippen LogP contribution in [-0.4, -0.2) is 80.4 Å². The fourth-order valence-corrected chi connectivity index (χ4v) is 5.34. The van der Waals surface area contributed by atoms with Crippen LogP contribution in [-0.2, 0) is 0 Å². The topological polar surface area (TPSA) is 52.2 Å². The van der Waals surface area contributed by atoms with Gasteiger partial charge in [-0.15, -0.1) is 0 Å². The van der Waals surface area contributed by atoms with Gasteiger partial charge in [-0.05, 0) is 51.0 Å². The summed E-state index contributed by atoms with van der Waals surface area (Å²) in [6.07, 6.45) is 3.01. The van der Waals surface area contributed by atoms with Gasteiger partial charge in [-0.1, -0.05) is 24.9 Å². The molecule has 2 aromatic carbocycles. The van der Waals surface area contributed by atoms with Crippen LogP contribution in [0.1, 0.15) is 51.8 Å². The maximum atomic E-state index is 13.8. The summed E-state index contributed by atoms with van der Waals surface area (Å²) in [5.41, 5.74) is 2.83. The van der Waals surface area contributed by atoms with Gasteiger partial charge in [0.05, 0.1) is 25.4 Å². The first-order valence-electron chi connectivity index (χ1n) is 13.9. The smallest absolute Gasteiger partial charge is 0.162 e. The van der Waals surface area contributed by atoms with E-state index in [1.165, 1.54) is 6.07 Å². The molecule has 0 aromatic heterocycles. The standard InChI is InChI=1S/C29H43ClFN5O2/c1-5-6-11-36-20-32-26-19-27(37-4)28(38-16-7-10-34-12-14-35(15-13-34)21(2)3)18-23(26)29(36)33-22-8-9-25(31)24(30)17-22/h8-9,17-19,21,29,32-33H,5-7,10-16,20H2,1-4H3. The summed E-state index contributed by atoms with van der Waals surface area (Å²) in [6, 6.07) is 9.46. The van der Waals surface area contributed by atoms with Gasteiger partial charge >= 0.3 is 0 Å². The van der Waals surface area contributed by atoms with Crippen LogP contribution in [0.3, 0.4) is 0 Å². The quantitative estimate of drug-likeness (QED) is 0.322.